The Morgan fingerprint density at radius 2 is 1.79 bits per heavy atom. The topological polar surface area (TPSA) is 75.6 Å². The summed E-state index contributed by atoms with van der Waals surface area (Å²) in [6.07, 6.45) is 0. The number of likely N-dealkylation sites (N-methyl/N-ethyl adjacent to an activating group) is 1. The minimum Gasteiger partial charge on any atom is -0.393 e. The molecule has 3 rings (SSSR count). The van der Waals surface area contributed by atoms with Crippen molar-refractivity contribution in [1.82, 2.24) is 4.90 Å². The number of rotatable bonds is 4. The van der Waals surface area contributed by atoms with Crippen LogP contribution in [0.3, 0.4) is 0 Å². The number of nitrogen functional groups attached to an aromatic ring is 1. The van der Waals surface area contributed by atoms with Crippen molar-refractivity contribution in [3.05, 3.63) is 52.6 Å². The van der Waals surface area contributed by atoms with E-state index in [0.29, 0.717) is 0 Å². The summed E-state index contributed by atoms with van der Waals surface area (Å²) in [5.74, 6) is 0. The summed E-state index contributed by atoms with van der Waals surface area (Å²) in [5, 5.41) is 10.8. The summed E-state index contributed by atoms with van der Waals surface area (Å²) < 4.78 is 0. The first-order valence-electron chi connectivity index (χ1n) is 7.78. The van der Waals surface area contributed by atoms with Crippen molar-refractivity contribution < 1.29 is 4.92 Å². The Hall–Kier alpha value is -2.25. The van der Waals surface area contributed by atoms with Crippen molar-refractivity contribution in [2.45, 2.75) is 9.79 Å². The van der Waals surface area contributed by atoms with Gasteiger partial charge in [0.1, 0.15) is 5.69 Å². The lowest BCUT2D eigenvalue weighted by Gasteiger charge is -2.34. The molecule has 1 fully saturated rings. The molecule has 0 atom stereocenters. The maximum Gasteiger partial charge on any atom is 0.292 e. The highest BCUT2D eigenvalue weighted by molar-refractivity contribution is 7.99. The summed E-state index contributed by atoms with van der Waals surface area (Å²) in [7, 11) is 2.14. The van der Waals surface area contributed by atoms with Crippen LogP contribution in [0.1, 0.15) is 0 Å². The second kappa shape index (κ2) is 7.11. The first-order chi connectivity index (χ1) is 11.5. The molecular formula is C17H20N4O2S. The van der Waals surface area contributed by atoms with Crippen molar-refractivity contribution in [3.63, 3.8) is 0 Å². The Bertz CT molecular complexity index is 745. The van der Waals surface area contributed by atoms with Gasteiger partial charge < -0.3 is 15.5 Å². The van der Waals surface area contributed by atoms with Gasteiger partial charge in [0.15, 0.2) is 0 Å². The van der Waals surface area contributed by atoms with Crippen molar-refractivity contribution in [1.29, 1.82) is 0 Å². The lowest BCUT2D eigenvalue weighted by Crippen LogP contribution is -2.44. The van der Waals surface area contributed by atoms with Crippen LogP contribution < -0.4 is 10.6 Å². The second-order valence-corrected chi connectivity index (χ2v) is 7.01. The minimum absolute atomic E-state index is 0.0504. The maximum atomic E-state index is 10.8. The third kappa shape index (κ3) is 3.80. The number of anilines is 2. The molecule has 1 aliphatic heterocycles. The average molecular weight is 344 g/mol. The fourth-order valence-corrected chi connectivity index (χ4v) is 3.63. The van der Waals surface area contributed by atoms with Crippen molar-refractivity contribution in [2.75, 3.05) is 43.9 Å². The van der Waals surface area contributed by atoms with E-state index in [4.69, 9.17) is 5.73 Å². The lowest BCUT2D eigenvalue weighted by atomic mass is 10.2. The van der Waals surface area contributed by atoms with Crippen LogP contribution in [0.25, 0.3) is 0 Å². The van der Waals surface area contributed by atoms with Gasteiger partial charge in [-0.15, -0.1) is 0 Å². The first kappa shape index (κ1) is 16.6. The van der Waals surface area contributed by atoms with Crippen molar-refractivity contribution in [2.24, 2.45) is 0 Å². The second-order valence-electron chi connectivity index (χ2n) is 5.87. The average Bonchev–Trinajstić information content (AvgIpc) is 2.55. The maximum absolute atomic E-state index is 10.8. The van der Waals surface area contributed by atoms with E-state index < -0.39 is 4.92 Å². The van der Waals surface area contributed by atoms with Gasteiger partial charge in [0, 0.05) is 47.7 Å². The van der Waals surface area contributed by atoms with E-state index in [2.05, 4.69) is 29.0 Å². The molecule has 1 aliphatic rings. The molecule has 1 saturated heterocycles. The Kier molecular flexibility index (Phi) is 4.92. The molecule has 0 bridgehead atoms. The molecule has 0 amide bonds. The van der Waals surface area contributed by atoms with E-state index in [1.807, 2.05) is 12.1 Å². The van der Waals surface area contributed by atoms with Gasteiger partial charge in [-0.1, -0.05) is 17.8 Å². The largest absolute Gasteiger partial charge is 0.393 e. The molecule has 0 unspecified atom stereocenters. The van der Waals surface area contributed by atoms with Gasteiger partial charge in [0.2, 0.25) is 0 Å². The number of nitrogens with zero attached hydrogens (tertiary/aromatic N) is 3. The molecule has 1 heterocycles. The van der Waals surface area contributed by atoms with Crippen LogP contribution in [0.15, 0.2) is 52.3 Å². The predicted octanol–water partition coefficient (Wildman–Crippen LogP) is 3.08. The summed E-state index contributed by atoms with van der Waals surface area (Å²) >= 11 is 1.56. The molecule has 7 heteroatoms. The third-order valence-electron chi connectivity index (χ3n) is 4.12. The third-order valence-corrected chi connectivity index (χ3v) is 5.10. The summed E-state index contributed by atoms with van der Waals surface area (Å²) in [5.41, 5.74) is 7.12. The standard InChI is InChI=1S/C17H20N4O2S/c1-19-7-9-20(10-8-19)13-3-2-4-14(11-13)24-15-5-6-17(21(22)23)16(18)12-15/h2-6,11-12H,7-10,18H2,1H3. The Labute approximate surface area is 145 Å². The molecule has 0 spiro atoms. The van der Waals surface area contributed by atoms with E-state index in [0.717, 1.165) is 36.0 Å². The molecule has 2 aromatic carbocycles. The zero-order chi connectivity index (χ0) is 17.1. The number of piperazine rings is 1. The molecule has 2 N–H and O–H groups in total. The lowest BCUT2D eigenvalue weighted by molar-refractivity contribution is -0.383. The van der Waals surface area contributed by atoms with Gasteiger partial charge in [0.25, 0.3) is 5.69 Å². The number of nitrogens with two attached hydrogens (primary N) is 1. The molecule has 24 heavy (non-hydrogen) atoms. The Morgan fingerprint density at radius 1 is 1.08 bits per heavy atom. The fraction of sp³-hybridized carbons (Fsp3) is 0.294. The van der Waals surface area contributed by atoms with Gasteiger partial charge in [-0.25, -0.2) is 0 Å². The molecule has 0 radical (unpaired) electrons. The van der Waals surface area contributed by atoms with E-state index in [-0.39, 0.29) is 11.4 Å². The van der Waals surface area contributed by atoms with E-state index in [1.54, 1.807) is 23.9 Å². The number of nitro groups is 1. The van der Waals surface area contributed by atoms with Crippen LogP contribution in [0, 0.1) is 10.1 Å². The van der Waals surface area contributed by atoms with Gasteiger partial charge in [-0.2, -0.15) is 0 Å². The minimum atomic E-state index is -0.461. The molecule has 6 nitrogen and oxygen atoms in total. The number of nitro benzene ring substituents is 1. The monoisotopic (exact) mass is 344 g/mol. The van der Waals surface area contributed by atoms with Crippen LogP contribution in [0.2, 0.25) is 0 Å². The molecule has 0 aromatic heterocycles. The van der Waals surface area contributed by atoms with Gasteiger partial charge in [0.05, 0.1) is 4.92 Å². The first-order valence-corrected chi connectivity index (χ1v) is 8.60. The highest BCUT2D eigenvalue weighted by Crippen LogP contribution is 2.34. The van der Waals surface area contributed by atoms with E-state index >= 15 is 0 Å². The summed E-state index contributed by atoms with van der Waals surface area (Å²) in [6, 6.07) is 13.2. The smallest absolute Gasteiger partial charge is 0.292 e. The summed E-state index contributed by atoms with van der Waals surface area (Å²) in [4.78, 5) is 17.1. The van der Waals surface area contributed by atoms with E-state index in [9.17, 15) is 10.1 Å². The van der Waals surface area contributed by atoms with Crippen LogP contribution in [-0.4, -0.2) is 43.0 Å². The Balaban J connectivity index is 1.75. The number of hydrogen-bond acceptors (Lipinski definition) is 6. The molecule has 0 saturated carbocycles. The van der Waals surface area contributed by atoms with Crippen molar-refractivity contribution >= 4 is 28.8 Å². The van der Waals surface area contributed by atoms with E-state index in [1.165, 1.54) is 11.8 Å². The fourth-order valence-electron chi connectivity index (χ4n) is 2.71. The number of benzene rings is 2. The quantitative estimate of drug-likeness (QED) is 0.522. The van der Waals surface area contributed by atoms with Gasteiger partial charge >= 0.3 is 0 Å². The SMILES string of the molecule is CN1CCN(c2cccc(Sc3ccc([N+](=O)[O-])c(N)c3)c2)CC1. The van der Waals surface area contributed by atoms with Crippen LogP contribution in [0.4, 0.5) is 17.1 Å². The molecule has 126 valence electrons. The molecule has 2 aromatic rings. The van der Waals surface area contributed by atoms with Crippen LogP contribution in [-0.2, 0) is 0 Å². The Morgan fingerprint density at radius 3 is 2.46 bits per heavy atom. The van der Waals surface area contributed by atoms with Crippen LogP contribution >= 0.6 is 11.8 Å². The van der Waals surface area contributed by atoms with Crippen LogP contribution in [0.5, 0.6) is 0 Å². The highest BCUT2D eigenvalue weighted by atomic mass is 32.2. The van der Waals surface area contributed by atoms with Crippen molar-refractivity contribution in [3.8, 4) is 0 Å². The zero-order valence-electron chi connectivity index (χ0n) is 13.5. The van der Waals surface area contributed by atoms with Gasteiger partial charge in [-0.3, -0.25) is 10.1 Å². The zero-order valence-corrected chi connectivity index (χ0v) is 14.3. The van der Waals surface area contributed by atoms with Gasteiger partial charge in [-0.05, 0) is 37.4 Å². The molecule has 0 aliphatic carbocycles. The highest BCUT2D eigenvalue weighted by Gasteiger charge is 2.15. The normalized spacial score (nSPS) is 15.5. The predicted molar refractivity (Wildman–Crippen MR) is 97.8 cm³/mol. The molecular weight excluding hydrogens is 324 g/mol. The summed E-state index contributed by atoms with van der Waals surface area (Å²) in [6.45, 7) is 4.18. The number of hydrogen-bond donors (Lipinski definition) is 1.